The van der Waals surface area contributed by atoms with Crippen LogP contribution in [0.25, 0.3) is 0 Å². The van der Waals surface area contributed by atoms with Crippen LogP contribution in [0.1, 0.15) is 25.3 Å². The molecule has 0 aliphatic carbocycles. The van der Waals surface area contributed by atoms with Crippen LogP contribution in [0.5, 0.6) is 0 Å². The fraction of sp³-hybridized carbons (Fsp3) is 0.462. The smallest absolute Gasteiger partial charge is 0.302 e. The standard InChI is InChI=1S/C13H17IO2/c1-11(15)16-13(8-5-9-14)10-12-6-3-2-4-7-12/h2-4,6-7,13H,5,8-10H2,1H3. The zero-order valence-corrected chi connectivity index (χ0v) is 11.6. The van der Waals surface area contributed by atoms with Gasteiger partial charge < -0.3 is 4.74 Å². The van der Waals surface area contributed by atoms with Crippen molar-refractivity contribution in [2.45, 2.75) is 32.3 Å². The summed E-state index contributed by atoms with van der Waals surface area (Å²) in [6.45, 7) is 1.47. The topological polar surface area (TPSA) is 26.3 Å². The van der Waals surface area contributed by atoms with Crippen molar-refractivity contribution < 1.29 is 9.53 Å². The minimum Gasteiger partial charge on any atom is -0.462 e. The van der Waals surface area contributed by atoms with E-state index >= 15 is 0 Å². The molecular weight excluding hydrogens is 315 g/mol. The van der Waals surface area contributed by atoms with Gasteiger partial charge in [0.25, 0.3) is 0 Å². The summed E-state index contributed by atoms with van der Waals surface area (Å²) in [6.07, 6.45) is 2.87. The molecule has 0 aliphatic heterocycles. The number of esters is 1. The zero-order valence-electron chi connectivity index (χ0n) is 9.49. The van der Waals surface area contributed by atoms with E-state index in [9.17, 15) is 4.79 Å². The first-order valence-corrected chi connectivity index (χ1v) is 7.02. The number of hydrogen-bond acceptors (Lipinski definition) is 2. The summed E-state index contributed by atoms with van der Waals surface area (Å²) in [5.74, 6) is -0.186. The van der Waals surface area contributed by atoms with Crippen molar-refractivity contribution in [3.05, 3.63) is 35.9 Å². The SMILES string of the molecule is CC(=O)OC(CCCI)Cc1ccccc1. The molecule has 88 valence electrons. The number of rotatable bonds is 6. The summed E-state index contributed by atoms with van der Waals surface area (Å²) in [5, 5.41) is 0. The monoisotopic (exact) mass is 332 g/mol. The van der Waals surface area contributed by atoms with Gasteiger partial charge in [0.2, 0.25) is 0 Å². The Morgan fingerprint density at radius 3 is 2.62 bits per heavy atom. The van der Waals surface area contributed by atoms with Gasteiger partial charge in [-0.25, -0.2) is 0 Å². The molecule has 3 heteroatoms. The molecule has 0 saturated heterocycles. The second-order valence-electron chi connectivity index (χ2n) is 3.75. The highest BCUT2D eigenvalue weighted by Crippen LogP contribution is 2.12. The fourth-order valence-electron chi connectivity index (χ4n) is 1.62. The van der Waals surface area contributed by atoms with Crippen molar-refractivity contribution in [1.29, 1.82) is 0 Å². The molecule has 0 N–H and O–H groups in total. The molecule has 0 spiro atoms. The lowest BCUT2D eigenvalue weighted by atomic mass is 10.0. The van der Waals surface area contributed by atoms with Gasteiger partial charge in [0.15, 0.2) is 0 Å². The van der Waals surface area contributed by atoms with Crippen molar-refractivity contribution in [3.63, 3.8) is 0 Å². The van der Waals surface area contributed by atoms with Gasteiger partial charge in [0.1, 0.15) is 6.10 Å². The molecule has 0 saturated carbocycles. The van der Waals surface area contributed by atoms with E-state index < -0.39 is 0 Å². The molecule has 16 heavy (non-hydrogen) atoms. The van der Waals surface area contributed by atoms with E-state index in [1.807, 2.05) is 18.2 Å². The van der Waals surface area contributed by atoms with E-state index in [-0.39, 0.29) is 12.1 Å². The number of halogens is 1. The lowest BCUT2D eigenvalue weighted by molar-refractivity contribution is -0.146. The average molecular weight is 332 g/mol. The van der Waals surface area contributed by atoms with Gasteiger partial charge in [-0.3, -0.25) is 4.79 Å². The van der Waals surface area contributed by atoms with Crippen LogP contribution >= 0.6 is 22.6 Å². The summed E-state index contributed by atoms with van der Waals surface area (Å²) in [5.41, 5.74) is 1.22. The lowest BCUT2D eigenvalue weighted by Gasteiger charge is -2.16. The highest BCUT2D eigenvalue weighted by atomic mass is 127. The number of ether oxygens (including phenoxy) is 1. The molecular formula is C13H17IO2. The van der Waals surface area contributed by atoms with E-state index in [4.69, 9.17) is 4.74 Å². The highest BCUT2D eigenvalue weighted by molar-refractivity contribution is 14.1. The molecule has 0 heterocycles. The number of benzene rings is 1. The lowest BCUT2D eigenvalue weighted by Crippen LogP contribution is -2.19. The van der Waals surface area contributed by atoms with Gasteiger partial charge in [-0.1, -0.05) is 52.9 Å². The maximum Gasteiger partial charge on any atom is 0.302 e. The Bertz CT molecular complexity index is 311. The molecule has 0 radical (unpaired) electrons. The molecule has 0 bridgehead atoms. The molecule has 1 aromatic carbocycles. The summed E-state index contributed by atoms with van der Waals surface area (Å²) in [6, 6.07) is 10.2. The molecule has 0 amide bonds. The maximum absolute atomic E-state index is 11.0. The van der Waals surface area contributed by atoms with E-state index in [0.717, 1.165) is 23.7 Å². The zero-order chi connectivity index (χ0) is 11.8. The minimum atomic E-state index is -0.186. The normalized spacial score (nSPS) is 12.1. The number of carbonyl (C=O) groups is 1. The van der Waals surface area contributed by atoms with E-state index in [2.05, 4.69) is 34.7 Å². The van der Waals surface area contributed by atoms with Gasteiger partial charge in [-0.15, -0.1) is 0 Å². The first-order valence-electron chi connectivity index (χ1n) is 5.49. The van der Waals surface area contributed by atoms with Crippen LogP contribution in [-0.4, -0.2) is 16.5 Å². The van der Waals surface area contributed by atoms with E-state index in [1.54, 1.807) is 0 Å². The Balaban J connectivity index is 2.52. The van der Waals surface area contributed by atoms with Crippen LogP contribution in [0, 0.1) is 0 Å². The molecule has 1 atom stereocenters. The minimum absolute atomic E-state index is 0.0228. The Labute approximate surface area is 111 Å². The number of alkyl halides is 1. The Kier molecular flexibility index (Phi) is 6.45. The van der Waals surface area contributed by atoms with Crippen molar-refractivity contribution in [2.75, 3.05) is 4.43 Å². The first kappa shape index (κ1) is 13.5. The van der Waals surface area contributed by atoms with Crippen LogP contribution in [0.2, 0.25) is 0 Å². The van der Waals surface area contributed by atoms with Crippen LogP contribution in [0.4, 0.5) is 0 Å². The fourth-order valence-corrected chi connectivity index (χ4v) is 2.06. The number of carbonyl (C=O) groups excluding carboxylic acids is 1. The Morgan fingerprint density at radius 1 is 1.38 bits per heavy atom. The van der Waals surface area contributed by atoms with Crippen LogP contribution in [-0.2, 0) is 16.0 Å². The van der Waals surface area contributed by atoms with Crippen molar-refractivity contribution in [2.24, 2.45) is 0 Å². The third-order valence-corrected chi connectivity index (χ3v) is 3.06. The van der Waals surface area contributed by atoms with Crippen molar-refractivity contribution in [1.82, 2.24) is 0 Å². The molecule has 1 rings (SSSR count). The van der Waals surface area contributed by atoms with E-state index in [0.29, 0.717) is 0 Å². The molecule has 2 nitrogen and oxygen atoms in total. The summed E-state index contributed by atoms with van der Waals surface area (Å²) >= 11 is 2.35. The molecule has 0 aromatic heterocycles. The third-order valence-electron chi connectivity index (χ3n) is 2.30. The van der Waals surface area contributed by atoms with Gasteiger partial charge in [0.05, 0.1) is 0 Å². The second kappa shape index (κ2) is 7.65. The predicted molar refractivity (Wildman–Crippen MR) is 73.8 cm³/mol. The maximum atomic E-state index is 11.0. The quantitative estimate of drug-likeness (QED) is 0.454. The van der Waals surface area contributed by atoms with E-state index in [1.165, 1.54) is 12.5 Å². The van der Waals surface area contributed by atoms with Crippen molar-refractivity contribution >= 4 is 28.6 Å². The molecule has 1 unspecified atom stereocenters. The average Bonchev–Trinajstić information content (AvgIpc) is 2.26. The summed E-state index contributed by atoms with van der Waals surface area (Å²) < 4.78 is 6.42. The third kappa shape index (κ3) is 5.49. The van der Waals surface area contributed by atoms with Gasteiger partial charge in [0, 0.05) is 13.3 Å². The predicted octanol–water partition coefficient (Wildman–Crippen LogP) is 3.38. The van der Waals surface area contributed by atoms with Crippen LogP contribution in [0.3, 0.4) is 0 Å². The highest BCUT2D eigenvalue weighted by Gasteiger charge is 2.12. The number of hydrogen-bond donors (Lipinski definition) is 0. The molecule has 0 aliphatic rings. The second-order valence-corrected chi connectivity index (χ2v) is 4.83. The Morgan fingerprint density at radius 2 is 2.06 bits per heavy atom. The Hall–Kier alpha value is -0.580. The van der Waals surface area contributed by atoms with Crippen molar-refractivity contribution in [3.8, 4) is 0 Å². The molecule has 0 fully saturated rings. The van der Waals surface area contributed by atoms with Gasteiger partial charge in [-0.05, 0) is 22.8 Å². The van der Waals surface area contributed by atoms with Crippen LogP contribution in [0.15, 0.2) is 30.3 Å². The molecule has 1 aromatic rings. The van der Waals surface area contributed by atoms with Gasteiger partial charge in [-0.2, -0.15) is 0 Å². The largest absolute Gasteiger partial charge is 0.462 e. The summed E-state index contributed by atoms with van der Waals surface area (Å²) in [7, 11) is 0. The van der Waals surface area contributed by atoms with Gasteiger partial charge >= 0.3 is 5.97 Å². The van der Waals surface area contributed by atoms with Crippen LogP contribution < -0.4 is 0 Å². The summed E-state index contributed by atoms with van der Waals surface area (Å²) in [4.78, 5) is 11.0. The first-order chi connectivity index (χ1) is 7.72.